The van der Waals surface area contributed by atoms with Crippen molar-refractivity contribution in [2.24, 2.45) is 0 Å². The van der Waals surface area contributed by atoms with E-state index in [9.17, 15) is 18.0 Å². The number of hydrogen-bond acceptors (Lipinski definition) is 5. The summed E-state index contributed by atoms with van der Waals surface area (Å²) in [5.74, 6) is -2.88. The molecule has 182 valence electrons. The lowest BCUT2D eigenvalue weighted by molar-refractivity contribution is -0.192. The average Bonchev–Trinajstić information content (AvgIpc) is 3.23. The first-order valence-corrected chi connectivity index (χ1v) is 10.3. The first-order chi connectivity index (χ1) is 16.0. The number of aryl methyl sites for hydroxylation is 2. The molecule has 0 fully saturated rings. The van der Waals surface area contributed by atoms with Crippen molar-refractivity contribution in [3.05, 3.63) is 65.9 Å². The van der Waals surface area contributed by atoms with E-state index >= 15 is 0 Å². The van der Waals surface area contributed by atoms with Crippen molar-refractivity contribution in [1.82, 2.24) is 19.9 Å². The van der Waals surface area contributed by atoms with Gasteiger partial charge in [-0.3, -0.25) is 9.48 Å². The molecule has 0 aliphatic rings. The maximum Gasteiger partial charge on any atom is 0.490 e. The fraction of sp³-hybridized carbons (Fsp3) is 0.304. The monoisotopic (exact) mass is 477 g/mol. The standard InChI is InChI=1S/C21H25N5O.C2HF3O2/c1-16-10-11-17(20-15-26(24-23-20)13-7-12-25(2)3)14-19(16)21(27)22-18-8-5-4-6-9-18;3-2(4,5)1(6)7/h4-6,8-11,14-15H,7,12-13H2,1-3H3,(H,22,27);(H,6,7). The quantitative estimate of drug-likeness (QED) is 0.532. The van der Waals surface area contributed by atoms with E-state index < -0.39 is 12.1 Å². The number of alkyl halides is 3. The number of halogens is 3. The minimum Gasteiger partial charge on any atom is -0.475 e. The lowest BCUT2D eigenvalue weighted by Crippen LogP contribution is -2.21. The minimum absolute atomic E-state index is 0.126. The normalized spacial score (nSPS) is 11.0. The van der Waals surface area contributed by atoms with Crippen molar-refractivity contribution in [3.8, 4) is 11.3 Å². The third-order valence-corrected chi connectivity index (χ3v) is 4.58. The van der Waals surface area contributed by atoms with Gasteiger partial charge in [-0.15, -0.1) is 5.10 Å². The predicted octanol–water partition coefficient (Wildman–Crippen LogP) is 4.09. The molecule has 0 atom stereocenters. The smallest absolute Gasteiger partial charge is 0.475 e. The van der Waals surface area contributed by atoms with Crippen LogP contribution in [0.1, 0.15) is 22.3 Å². The van der Waals surface area contributed by atoms with E-state index in [4.69, 9.17) is 9.90 Å². The van der Waals surface area contributed by atoms with Gasteiger partial charge in [-0.05, 0) is 57.7 Å². The molecule has 0 bridgehead atoms. The van der Waals surface area contributed by atoms with Gasteiger partial charge in [0.1, 0.15) is 5.69 Å². The van der Waals surface area contributed by atoms with E-state index in [2.05, 4.69) is 34.6 Å². The molecule has 0 radical (unpaired) electrons. The Labute approximate surface area is 195 Å². The van der Waals surface area contributed by atoms with Crippen molar-refractivity contribution in [2.75, 3.05) is 26.0 Å². The number of carbonyl (C=O) groups excluding carboxylic acids is 1. The van der Waals surface area contributed by atoms with Crippen LogP contribution in [0.5, 0.6) is 0 Å². The van der Waals surface area contributed by atoms with Gasteiger partial charge in [-0.1, -0.05) is 35.5 Å². The summed E-state index contributed by atoms with van der Waals surface area (Å²) in [7, 11) is 4.11. The number of aromatic nitrogens is 3. The van der Waals surface area contributed by atoms with Crippen LogP contribution >= 0.6 is 0 Å². The highest BCUT2D eigenvalue weighted by atomic mass is 19.4. The highest BCUT2D eigenvalue weighted by Crippen LogP contribution is 2.21. The number of aliphatic carboxylic acids is 1. The summed E-state index contributed by atoms with van der Waals surface area (Å²) < 4.78 is 33.6. The second-order valence-corrected chi connectivity index (χ2v) is 7.68. The SMILES string of the molecule is Cc1ccc(-c2cn(CCCN(C)C)nn2)cc1C(=O)Nc1ccccc1.O=C(O)C(F)(F)F. The Morgan fingerprint density at radius 3 is 2.35 bits per heavy atom. The number of para-hydroxylation sites is 1. The second kappa shape index (κ2) is 11.9. The van der Waals surface area contributed by atoms with Gasteiger partial charge in [0.2, 0.25) is 0 Å². The summed E-state index contributed by atoms with van der Waals surface area (Å²) in [5.41, 5.74) is 3.99. The van der Waals surface area contributed by atoms with Crippen LogP contribution < -0.4 is 5.32 Å². The average molecular weight is 477 g/mol. The number of nitrogens with zero attached hydrogens (tertiary/aromatic N) is 4. The Bertz CT molecular complexity index is 1100. The Balaban J connectivity index is 0.000000509. The van der Waals surface area contributed by atoms with Crippen LogP contribution in [0.4, 0.5) is 18.9 Å². The lowest BCUT2D eigenvalue weighted by atomic mass is 10.0. The molecule has 1 heterocycles. The van der Waals surface area contributed by atoms with Crippen molar-refractivity contribution in [2.45, 2.75) is 26.1 Å². The Morgan fingerprint density at radius 1 is 1.12 bits per heavy atom. The highest BCUT2D eigenvalue weighted by Gasteiger charge is 2.38. The van der Waals surface area contributed by atoms with E-state index in [1.54, 1.807) is 0 Å². The molecule has 0 saturated carbocycles. The number of carboxylic acid groups (broad SMARTS) is 1. The third kappa shape index (κ3) is 8.32. The summed E-state index contributed by atoms with van der Waals surface area (Å²) in [6, 6.07) is 15.3. The Hall–Kier alpha value is -3.73. The van der Waals surface area contributed by atoms with Crippen LogP contribution in [0.25, 0.3) is 11.3 Å². The zero-order valence-electron chi connectivity index (χ0n) is 19.0. The maximum absolute atomic E-state index is 12.7. The molecule has 1 aromatic heterocycles. The van der Waals surface area contributed by atoms with Gasteiger partial charge in [0, 0.05) is 23.4 Å². The topological polar surface area (TPSA) is 100 Å². The predicted molar refractivity (Wildman–Crippen MR) is 121 cm³/mol. The fourth-order valence-corrected chi connectivity index (χ4v) is 2.83. The molecule has 11 heteroatoms. The van der Waals surface area contributed by atoms with Crippen molar-refractivity contribution in [3.63, 3.8) is 0 Å². The highest BCUT2D eigenvalue weighted by molar-refractivity contribution is 6.05. The molecule has 0 aliphatic heterocycles. The Morgan fingerprint density at radius 2 is 1.76 bits per heavy atom. The third-order valence-electron chi connectivity index (χ3n) is 4.58. The maximum atomic E-state index is 12.7. The molecule has 2 aromatic carbocycles. The molecule has 0 saturated heterocycles. The number of carbonyl (C=O) groups is 2. The summed E-state index contributed by atoms with van der Waals surface area (Å²) in [5, 5.41) is 18.5. The largest absolute Gasteiger partial charge is 0.490 e. The van der Waals surface area contributed by atoms with Crippen molar-refractivity contribution < 1.29 is 27.9 Å². The Kier molecular flexibility index (Phi) is 9.31. The van der Waals surface area contributed by atoms with Gasteiger partial charge in [0.15, 0.2) is 0 Å². The van der Waals surface area contributed by atoms with E-state index in [1.807, 2.05) is 66.3 Å². The van der Waals surface area contributed by atoms with Crippen LogP contribution in [-0.2, 0) is 11.3 Å². The zero-order valence-corrected chi connectivity index (χ0v) is 19.0. The molecule has 8 nitrogen and oxygen atoms in total. The first-order valence-electron chi connectivity index (χ1n) is 10.3. The molecule has 0 aliphatic carbocycles. The number of hydrogen-bond donors (Lipinski definition) is 2. The van der Waals surface area contributed by atoms with Gasteiger partial charge in [0.25, 0.3) is 5.91 Å². The summed E-state index contributed by atoms with van der Waals surface area (Å²) in [6.45, 7) is 3.75. The molecule has 0 unspecified atom stereocenters. The number of nitrogens with one attached hydrogen (secondary N) is 1. The number of carboxylic acids is 1. The molecule has 3 aromatic rings. The molecular formula is C23H26F3N5O3. The van der Waals surface area contributed by atoms with E-state index in [0.29, 0.717) is 5.56 Å². The molecule has 34 heavy (non-hydrogen) atoms. The van der Waals surface area contributed by atoms with Gasteiger partial charge >= 0.3 is 12.1 Å². The van der Waals surface area contributed by atoms with Crippen LogP contribution in [0, 0.1) is 6.92 Å². The second-order valence-electron chi connectivity index (χ2n) is 7.68. The molecular weight excluding hydrogens is 451 g/mol. The number of anilines is 1. The lowest BCUT2D eigenvalue weighted by Gasteiger charge is -2.09. The fourth-order valence-electron chi connectivity index (χ4n) is 2.83. The van der Waals surface area contributed by atoms with Gasteiger partial charge in [-0.25, -0.2) is 4.79 Å². The summed E-state index contributed by atoms with van der Waals surface area (Å²) in [6.07, 6.45) is -2.15. The zero-order chi connectivity index (χ0) is 25.3. The molecule has 0 spiro atoms. The van der Waals surface area contributed by atoms with Crippen LogP contribution in [0.15, 0.2) is 54.7 Å². The van der Waals surface area contributed by atoms with E-state index in [-0.39, 0.29) is 5.91 Å². The van der Waals surface area contributed by atoms with Crippen LogP contribution in [0.3, 0.4) is 0 Å². The van der Waals surface area contributed by atoms with Crippen molar-refractivity contribution in [1.29, 1.82) is 0 Å². The van der Waals surface area contributed by atoms with Gasteiger partial charge in [0.05, 0.1) is 6.20 Å². The summed E-state index contributed by atoms with van der Waals surface area (Å²) in [4.78, 5) is 23.7. The molecule has 2 N–H and O–H groups in total. The van der Waals surface area contributed by atoms with E-state index in [1.165, 1.54) is 0 Å². The van der Waals surface area contributed by atoms with Crippen LogP contribution in [0.2, 0.25) is 0 Å². The van der Waals surface area contributed by atoms with Crippen molar-refractivity contribution >= 4 is 17.6 Å². The molecule has 3 rings (SSSR count). The van der Waals surface area contributed by atoms with E-state index in [0.717, 1.165) is 42.0 Å². The first kappa shape index (κ1) is 26.5. The summed E-state index contributed by atoms with van der Waals surface area (Å²) >= 11 is 0. The van der Waals surface area contributed by atoms with Gasteiger partial charge in [-0.2, -0.15) is 13.2 Å². The number of benzene rings is 2. The van der Waals surface area contributed by atoms with Gasteiger partial charge < -0.3 is 15.3 Å². The number of amides is 1. The molecule has 1 amide bonds. The van der Waals surface area contributed by atoms with Crippen LogP contribution in [-0.4, -0.2) is 63.7 Å². The number of rotatable bonds is 7. The minimum atomic E-state index is -5.08.